The van der Waals surface area contributed by atoms with Crippen LogP contribution in [0.1, 0.15) is 41.1 Å². The summed E-state index contributed by atoms with van der Waals surface area (Å²) in [6, 6.07) is 8.33. The molecular weight excluding hydrogens is 254 g/mol. The van der Waals surface area contributed by atoms with Gasteiger partial charge in [-0.25, -0.2) is 4.98 Å². The minimum atomic E-state index is -0.742. The molecule has 100 valence electrons. The van der Waals surface area contributed by atoms with Gasteiger partial charge in [0, 0.05) is 11.8 Å². The fourth-order valence-electron chi connectivity index (χ4n) is 3.03. The van der Waals surface area contributed by atoms with Crippen molar-refractivity contribution >= 4 is 11.3 Å². The summed E-state index contributed by atoms with van der Waals surface area (Å²) in [4.78, 5) is 4.51. The van der Waals surface area contributed by atoms with E-state index in [9.17, 15) is 5.11 Å². The van der Waals surface area contributed by atoms with Gasteiger partial charge < -0.3 is 5.11 Å². The van der Waals surface area contributed by atoms with E-state index in [2.05, 4.69) is 28.6 Å². The first-order valence-electron chi connectivity index (χ1n) is 6.89. The Morgan fingerprint density at radius 2 is 2.16 bits per heavy atom. The van der Waals surface area contributed by atoms with Crippen LogP contribution in [0.25, 0.3) is 0 Å². The molecule has 19 heavy (non-hydrogen) atoms. The van der Waals surface area contributed by atoms with E-state index in [1.807, 2.05) is 13.0 Å². The van der Waals surface area contributed by atoms with Crippen molar-refractivity contribution < 1.29 is 5.11 Å². The van der Waals surface area contributed by atoms with E-state index in [0.717, 1.165) is 41.9 Å². The van der Waals surface area contributed by atoms with Crippen LogP contribution in [0.5, 0.6) is 0 Å². The number of thiazole rings is 1. The Bertz CT molecular complexity index is 578. The lowest BCUT2D eigenvalue weighted by Gasteiger charge is -2.28. The Kier molecular flexibility index (Phi) is 3.42. The third-order valence-corrected chi connectivity index (χ3v) is 4.77. The molecule has 1 aliphatic carbocycles. The molecule has 1 atom stereocenters. The van der Waals surface area contributed by atoms with Crippen molar-refractivity contribution in [3.05, 3.63) is 51.5 Å². The third-order valence-electron chi connectivity index (χ3n) is 3.95. The lowest BCUT2D eigenvalue weighted by atomic mass is 9.84. The number of hydrogen-bond acceptors (Lipinski definition) is 3. The average Bonchev–Trinajstić information content (AvgIpc) is 2.72. The predicted octanol–water partition coefficient (Wildman–Crippen LogP) is 3.61. The number of nitrogens with zero attached hydrogens (tertiary/aromatic N) is 1. The Hall–Kier alpha value is -1.19. The first-order chi connectivity index (χ1) is 9.17. The van der Waals surface area contributed by atoms with E-state index < -0.39 is 5.60 Å². The highest BCUT2D eigenvalue weighted by molar-refractivity contribution is 7.09. The van der Waals surface area contributed by atoms with Crippen molar-refractivity contribution in [2.75, 3.05) is 0 Å². The van der Waals surface area contributed by atoms with E-state index >= 15 is 0 Å². The molecule has 0 saturated heterocycles. The van der Waals surface area contributed by atoms with Gasteiger partial charge in [-0.3, -0.25) is 0 Å². The first kappa shape index (κ1) is 12.8. The van der Waals surface area contributed by atoms with Crippen LogP contribution in [-0.4, -0.2) is 10.1 Å². The number of aromatic nitrogens is 1. The number of fused-ring (bicyclic) bond motifs is 1. The lowest BCUT2D eigenvalue weighted by molar-refractivity contribution is 0.0264. The Morgan fingerprint density at radius 3 is 2.95 bits per heavy atom. The summed E-state index contributed by atoms with van der Waals surface area (Å²) in [6.45, 7) is 2.01. The van der Waals surface area contributed by atoms with Gasteiger partial charge >= 0.3 is 0 Å². The molecule has 0 spiro atoms. The largest absolute Gasteiger partial charge is 0.385 e. The summed E-state index contributed by atoms with van der Waals surface area (Å²) < 4.78 is 0. The highest BCUT2D eigenvalue weighted by Crippen LogP contribution is 2.36. The van der Waals surface area contributed by atoms with Crippen LogP contribution in [-0.2, 0) is 18.4 Å². The maximum absolute atomic E-state index is 11.1. The summed E-state index contributed by atoms with van der Waals surface area (Å²) in [5, 5.41) is 14.3. The minimum absolute atomic E-state index is 0.633. The molecule has 0 amide bonds. The Balaban J connectivity index is 1.97. The average molecular weight is 273 g/mol. The molecule has 1 N–H and O–H groups in total. The predicted molar refractivity (Wildman–Crippen MR) is 78.4 cm³/mol. The zero-order chi connectivity index (χ0) is 13.3. The van der Waals surface area contributed by atoms with Gasteiger partial charge in [-0.2, -0.15) is 0 Å². The summed E-state index contributed by atoms with van der Waals surface area (Å²) in [6.07, 6.45) is 4.78. The summed E-state index contributed by atoms with van der Waals surface area (Å²) in [5.41, 5.74) is 2.68. The molecule has 1 aromatic carbocycles. The first-order valence-corrected chi connectivity index (χ1v) is 7.77. The molecule has 1 aliphatic rings. The van der Waals surface area contributed by atoms with Gasteiger partial charge in [0.05, 0.1) is 16.3 Å². The molecule has 3 rings (SSSR count). The number of rotatable bonds is 2. The number of hydrogen-bond donors (Lipinski definition) is 1. The molecule has 1 aromatic heterocycles. The maximum atomic E-state index is 11.1. The molecule has 0 bridgehead atoms. The van der Waals surface area contributed by atoms with Gasteiger partial charge in [0.2, 0.25) is 0 Å². The van der Waals surface area contributed by atoms with Gasteiger partial charge in [0.1, 0.15) is 0 Å². The van der Waals surface area contributed by atoms with E-state index in [-0.39, 0.29) is 0 Å². The van der Waals surface area contributed by atoms with Gasteiger partial charge in [0.25, 0.3) is 0 Å². The van der Waals surface area contributed by atoms with Crippen LogP contribution < -0.4 is 0 Å². The fraction of sp³-hybridized carbons (Fsp3) is 0.438. The molecule has 0 aliphatic heterocycles. The summed E-state index contributed by atoms with van der Waals surface area (Å²) in [5.74, 6) is 0. The van der Waals surface area contributed by atoms with Gasteiger partial charge in [-0.1, -0.05) is 24.3 Å². The number of benzene rings is 1. The van der Waals surface area contributed by atoms with E-state index in [1.165, 1.54) is 5.56 Å². The minimum Gasteiger partial charge on any atom is -0.385 e. The van der Waals surface area contributed by atoms with E-state index in [1.54, 1.807) is 11.3 Å². The normalized spacial score (nSPS) is 22.8. The second-order valence-electron chi connectivity index (χ2n) is 5.43. The van der Waals surface area contributed by atoms with Gasteiger partial charge in [0.15, 0.2) is 0 Å². The molecule has 2 nitrogen and oxygen atoms in total. The molecule has 3 heteroatoms. The molecule has 0 fully saturated rings. The molecule has 1 unspecified atom stereocenters. The maximum Gasteiger partial charge on any atom is 0.0954 e. The third kappa shape index (κ3) is 2.58. The monoisotopic (exact) mass is 273 g/mol. The zero-order valence-electron chi connectivity index (χ0n) is 11.2. The molecular formula is C16H19NOS. The topological polar surface area (TPSA) is 33.1 Å². The summed E-state index contributed by atoms with van der Waals surface area (Å²) >= 11 is 1.66. The quantitative estimate of drug-likeness (QED) is 0.848. The summed E-state index contributed by atoms with van der Waals surface area (Å²) in [7, 11) is 0. The van der Waals surface area contributed by atoms with Crippen LogP contribution in [0.3, 0.4) is 0 Å². The van der Waals surface area contributed by atoms with Crippen molar-refractivity contribution in [3.63, 3.8) is 0 Å². The SMILES string of the molecule is Cc1nc(CC2(O)CCCCc3ccccc32)cs1. The molecule has 0 saturated carbocycles. The van der Waals surface area contributed by atoms with E-state index in [0.29, 0.717) is 6.42 Å². The van der Waals surface area contributed by atoms with Gasteiger partial charge in [-0.15, -0.1) is 11.3 Å². The second kappa shape index (κ2) is 5.06. The number of aliphatic hydroxyl groups is 1. The highest BCUT2D eigenvalue weighted by atomic mass is 32.1. The number of aryl methyl sites for hydroxylation is 2. The second-order valence-corrected chi connectivity index (χ2v) is 6.49. The van der Waals surface area contributed by atoms with Crippen LogP contribution in [0.4, 0.5) is 0 Å². The zero-order valence-corrected chi connectivity index (χ0v) is 12.0. The fourth-order valence-corrected chi connectivity index (χ4v) is 3.65. The van der Waals surface area contributed by atoms with Crippen LogP contribution in [0.2, 0.25) is 0 Å². The van der Waals surface area contributed by atoms with Crippen LogP contribution >= 0.6 is 11.3 Å². The van der Waals surface area contributed by atoms with E-state index in [4.69, 9.17) is 0 Å². The van der Waals surface area contributed by atoms with Crippen molar-refractivity contribution in [2.24, 2.45) is 0 Å². The molecule has 1 heterocycles. The molecule has 0 radical (unpaired) electrons. The van der Waals surface area contributed by atoms with Crippen LogP contribution in [0.15, 0.2) is 29.6 Å². The van der Waals surface area contributed by atoms with Gasteiger partial charge in [-0.05, 0) is 43.7 Å². The smallest absolute Gasteiger partial charge is 0.0954 e. The van der Waals surface area contributed by atoms with Crippen LogP contribution in [0, 0.1) is 6.92 Å². The van der Waals surface area contributed by atoms with Crippen molar-refractivity contribution in [1.82, 2.24) is 4.98 Å². The standard InChI is InChI=1S/C16H19NOS/c1-12-17-14(11-19-12)10-16(18)9-5-4-7-13-6-2-3-8-15(13)16/h2-3,6,8,11,18H,4-5,7,9-10H2,1H3. The van der Waals surface area contributed by atoms with Crippen molar-refractivity contribution in [2.45, 2.75) is 44.6 Å². The van der Waals surface area contributed by atoms with Crippen molar-refractivity contribution in [1.29, 1.82) is 0 Å². The van der Waals surface area contributed by atoms with Crippen molar-refractivity contribution in [3.8, 4) is 0 Å². The lowest BCUT2D eigenvalue weighted by Crippen LogP contribution is -2.29. The molecule has 2 aromatic rings. The Labute approximate surface area is 118 Å². The Morgan fingerprint density at radius 1 is 1.32 bits per heavy atom. The highest BCUT2D eigenvalue weighted by Gasteiger charge is 2.33.